The van der Waals surface area contributed by atoms with Crippen LogP contribution in [0.2, 0.25) is 0 Å². The van der Waals surface area contributed by atoms with Crippen LogP contribution < -0.4 is 5.32 Å². The van der Waals surface area contributed by atoms with Gasteiger partial charge >= 0.3 is 0 Å². The second kappa shape index (κ2) is 2.86. The predicted molar refractivity (Wildman–Crippen MR) is 54.1 cm³/mol. The van der Waals surface area contributed by atoms with Crippen molar-refractivity contribution in [1.29, 1.82) is 0 Å². The maximum atomic E-state index is 11.9. The Morgan fingerprint density at radius 3 is 2.54 bits per heavy atom. The molecule has 1 heterocycles. The van der Waals surface area contributed by atoms with E-state index in [0.717, 1.165) is 0 Å². The van der Waals surface area contributed by atoms with Crippen LogP contribution in [0.1, 0.15) is 41.9 Å². The average Bonchev–Trinajstić information content (AvgIpc) is 1.97. The largest absolute Gasteiger partial charge is 0.330 e. The second-order valence-corrected chi connectivity index (χ2v) is 4.92. The van der Waals surface area contributed by atoms with Crippen LogP contribution in [0.4, 0.5) is 0 Å². The smallest absolute Gasteiger partial charge is 0.230 e. The fourth-order valence-electron chi connectivity index (χ4n) is 1.41. The Kier molecular flexibility index (Phi) is 1.94. The van der Waals surface area contributed by atoms with Gasteiger partial charge in [-0.05, 0) is 18.2 Å². The molecule has 0 radical (unpaired) electrons. The minimum absolute atomic E-state index is 0.0683. The van der Waals surface area contributed by atoms with E-state index in [1.54, 1.807) is 0 Å². The summed E-state index contributed by atoms with van der Waals surface area (Å²) in [5.41, 5.74) is -0.171. The van der Waals surface area contributed by atoms with Crippen molar-refractivity contribution in [2.45, 2.75) is 40.5 Å². The van der Waals surface area contributed by atoms with Crippen molar-refractivity contribution < 1.29 is 6.17 Å². The number of hydrogen-bond donors (Lipinski definition) is 1. The molecule has 1 fully saturated rings. The molecule has 0 aromatic carbocycles. The molecule has 74 valence electrons. The first-order valence-electron chi connectivity index (χ1n) is 5.19. The van der Waals surface area contributed by atoms with E-state index in [2.05, 4.69) is 11.9 Å². The summed E-state index contributed by atoms with van der Waals surface area (Å²) >= 11 is 0. The number of hydrogen-bond acceptors (Lipinski definition) is 1. The van der Waals surface area contributed by atoms with Crippen LogP contribution in [0.3, 0.4) is 0 Å². The van der Waals surface area contributed by atoms with Crippen LogP contribution in [-0.2, 0) is 4.79 Å². The van der Waals surface area contributed by atoms with Gasteiger partial charge in [-0.15, -0.1) is 0 Å². The number of piperidine rings is 1. The molecule has 1 rings (SSSR count). The third-order valence-electron chi connectivity index (χ3n) is 3.08. The Balaban J connectivity index is 3.08. The normalized spacial score (nSPS) is 36.9. The molecule has 2 atom stereocenters. The highest BCUT2D eigenvalue weighted by atomic mass is 16.2. The standard InChI is InChI=1S/C11H19NO/c1-8-6-7-11(5,9(13)12-8)10(2,3)4/h1,6-7H2,2-5H3,(H,12,13)/i7D. The summed E-state index contributed by atoms with van der Waals surface area (Å²) in [6.07, 6.45) is 0.156. The zero-order chi connectivity index (χ0) is 11.1. The first-order chi connectivity index (χ1) is 6.19. The molecule has 0 spiro atoms. The molecule has 1 saturated heterocycles. The fraction of sp³-hybridized carbons (Fsp3) is 0.727. The Bertz CT molecular complexity index is 280. The Morgan fingerprint density at radius 2 is 2.15 bits per heavy atom. The lowest BCUT2D eigenvalue weighted by Crippen LogP contribution is -2.49. The van der Waals surface area contributed by atoms with Crippen LogP contribution in [0, 0.1) is 10.8 Å². The Morgan fingerprint density at radius 1 is 1.62 bits per heavy atom. The molecule has 1 amide bonds. The number of amides is 1. The maximum Gasteiger partial charge on any atom is 0.230 e. The van der Waals surface area contributed by atoms with Crippen LogP contribution >= 0.6 is 0 Å². The molecule has 1 aliphatic heterocycles. The van der Waals surface area contributed by atoms with Crippen molar-refractivity contribution in [2.24, 2.45) is 10.8 Å². The molecule has 2 unspecified atom stereocenters. The monoisotopic (exact) mass is 182 g/mol. The second-order valence-electron chi connectivity index (χ2n) is 4.92. The van der Waals surface area contributed by atoms with E-state index >= 15 is 0 Å². The quantitative estimate of drug-likeness (QED) is 0.612. The maximum absolute atomic E-state index is 11.9. The van der Waals surface area contributed by atoms with Crippen molar-refractivity contribution in [3.63, 3.8) is 0 Å². The first-order valence-corrected chi connectivity index (χ1v) is 4.61. The van der Waals surface area contributed by atoms with Crippen LogP contribution in [0.15, 0.2) is 12.3 Å². The van der Waals surface area contributed by atoms with Gasteiger partial charge in [0.25, 0.3) is 0 Å². The van der Waals surface area contributed by atoms with E-state index in [1.807, 2.05) is 27.7 Å². The molecular formula is C11H19NO. The van der Waals surface area contributed by atoms with Gasteiger partial charge in [0.2, 0.25) is 5.91 Å². The van der Waals surface area contributed by atoms with E-state index in [1.165, 1.54) is 0 Å². The lowest BCUT2D eigenvalue weighted by molar-refractivity contribution is -0.137. The SMILES string of the molecule is [2H]C1CC(=C)NC(=O)C1(C)C(C)(C)C. The van der Waals surface area contributed by atoms with E-state index in [4.69, 9.17) is 1.37 Å². The molecule has 0 saturated carbocycles. The van der Waals surface area contributed by atoms with Gasteiger partial charge in [-0.2, -0.15) is 0 Å². The van der Waals surface area contributed by atoms with Crippen LogP contribution in [0.5, 0.6) is 0 Å². The summed E-state index contributed by atoms with van der Waals surface area (Å²) in [4.78, 5) is 11.9. The molecule has 2 heteroatoms. The van der Waals surface area contributed by atoms with Gasteiger partial charge in [-0.25, -0.2) is 0 Å². The van der Waals surface area contributed by atoms with Gasteiger partial charge in [-0.1, -0.05) is 34.3 Å². The number of carbonyl (C=O) groups excluding carboxylic acids is 1. The molecule has 0 aromatic rings. The van der Waals surface area contributed by atoms with Gasteiger partial charge in [0.15, 0.2) is 0 Å². The minimum atomic E-state index is -0.631. The van der Waals surface area contributed by atoms with Gasteiger partial charge in [0.05, 0.1) is 5.41 Å². The molecular weight excluding hydrogens is 162 g/mol. The highest BCUT2D eigenvalue weighted by Gasteiger charge is 2.45. The topological polar surface area (TPSA) is 29.1 Å². The van der Waals surface area contributed by atoms with Crippen molar-refractivity contribution in [1.82, 2.24) is 5.32 Å². The van der Waals surface area contributed by atoms with Crippen molar-refractivity contribution in [3.8, 4) is 0 Å². The zero-order valence-corrected chi connectivity index (χ0v) is 8.90. The van der Waals surface area contributed by atoms with E-state index in [-0.39, 0.29) is 11.3 Å². The molecule has 1 N–H and O–H groups in total. The molecule has 0 aromatic heterocycles. The van der Waals surface area contributed by atoms with Crippen molar-refractivity contribution in [2.75, 3.05) is 0 Å². The third kappa shape index (κ3) is 1.62. The number of rotatable bonds is 0. The molecule has 2 nitrogen and oxygen atoms in total. The number of nitrogens with one attached hydrogen (secondary N) is 1. The zero-order valence-electron chi connectivity index (χ0n) is 9.90. The van der Waals surface area contributed by atoms with Gasteiger partial charge < -0.3 is 5.32 Å². The predicted octanol–water partition coefficient (Wildman–Crippen LogP) is 2.46. The summed E-state index contributed by atoms with van der Waals surface area (Å²) in [6.45, 7) is 11.6. The third-order valence-corrected chi connectivity index (χ3v) is 3.08. The van der Waals surface area contributed by atoms with Crippen molar-refractivity contribution >= 4 is 5.91 Å². The minimum Gasteiger partial charge on any atom is -0.330 e. The fourth-order valence-corrected chi connectivity index (χ4v) is 1.41. The summed E-state index contributed by atoms with van der Waals surface area (Å²) in [7, 11) is 0. The van der Waals surface area contributed by atoms with E-state index in [0.29, 0.717) is 12.1 Å². The highest BCUT2D eigenvalue weighted by Crippen LogP contribution is 2.44. The lowest BCUT2D eigenvalue weighted by Gasteiger charge is -2.43. The number of allylic oxidation sites excluding steroid dienone is 1. The van der Waals surface area contributed by atoms with E-state index in [9.17, 15) is 4.79 Å². The number of carbonyl (C=O) groups is 1. The molecule has 13 heavy (non-hydrogen) atoms. The first kappa shape index (κ1) is 8.79. The summed E-state index contributed by atoms with van der Waals surface area (Å²) in [6, 6.07) is 0. The van der Waals surface area contributed by atoms with Gasteiger partial charge in [0.1, 0.15) is 0 Å². The summed E-state index contributed by atoms with van der Waals surface area (Å²) in [5.74, 6) is -0.0683. The molecule has 1 aliphatic rings. The summed E-state index contributed by atoms with van der Waals surface area (Å²) < 4.78 is 8.02. The van der Waals surface area contributed by atoms with Crippen molar-refractivity contribution in [3.05, 3.63) is 12.3 Å². The van der Waals surface area contributed by atoms with Crippen LogP contribution in [-0.4, -0.2) is 5.91 Å². The Labute approximate surface area is 81.8 Å². The van der Waals surface area contributed by atoms with Gasteiger partial charge in [-0.3, -0.25) is 4.79 Å². The average molecular weight is 182 g/mol. The summed E-state index contributed by atoms with van der Waals surface area (Å²) in [5, 5.41) is 2.75. The lowest BCUT2D eigenvalue weighted by atomic mass is 9.63. The van der Waals surface area contributed by atoms with Crippen LogP contribution in [0.25, 0.3) is 0 Å². The van der Waals surface area contributed by atoms with Gasteiger partial charge in [0, 0.05) is 7.07 Å². The molecule has 0 bridgehead atoms. The highest BCUT2D eigenvalue weighted by molar-refractivity contribution is 5.85. The van der Waals surface area contributed by atoms with E-state index < -0.39 is 11.8 Å². The Hall–Kier alpha value is -0.790. The molecule has 0 aliphatic carbocycles.